The van der Waals surface area contributed by atoms with E-state index in [9.17, 15) is 0 Å². The normalized spacial score (nSPS) is 11.8. The van der Waals surface area contributed by atoms with Gasteiger partial charge >= 0.3 is 157 Å². The van der Waals surface area contributed by atoms with Crippen LogP contribution < -0.4 is 3.71 Å². The van der Waals surface area contributed by atoms with E-state index in [1.165, 1.54) is 62.3 Å². The number of unbranched alkanes of at least 4 members (excludes halogenated alkanes) is 3. The molecule has 3 heteroatoms. The van der Waals surface area contributed by atoms with E-state index in [0.717, 1.165) is 0 Å². The molecule has 0 aromatic carbocycles. The molecule has 0 fully saturated rings. The van der Waals surface area contributed by atoms with Gasteiger partial charge in [0.1, 0.15) is 0 Å². The maximum atomic E-state index is 4.98. The van der Waals surface area contributed by atoms with E-state index in [1.54, 1.807) is 3.71 Å². The fourth-order valence-corrected chi connectivity index (χ4v) is 19.8. The minimum absolute atomic E-state index is 1.32. The van der Waals surface area contributed by atoms with Crippen molar-refractivity contribution < 1.29 is 0 Å². The van der Waals surface area contributed by atoms with Crippen LogP contribution in [-0.2, 0) is 0 Å². The summed E-state index contributed by atoms with van der Waals surface area (Å²) >= 11 is -0.541. The van der Waals surface area contributed by atoms with Crippen LogP contribution in [0, 0.1) is 0 Å². The van der Waals surface area contributed by atoms with Crippen LogP contribution in [0.4, 0.5) is 0 Å². The van der Waals surface area contributed by atoms with Gasteiger partial charge in [-0.05, 0) is 0 Å². The zero-order chi connectivity index (χ0) is 17.3. The molecular formula is C21H33NSSn. The number of rotatable bonds is 11. The standard InChI is InChI=1S/C9H6NS.3C4H9.Sn/c1-2-9(11-7-1)8-3-5-10-6-4-8;3*1-3-4-2;/h1-5,7H;3*1,3-4H2,2H3;. The molecule has 0 radical (unpaired) electrons. The monoisotopic (exact) mass is 451 g/mol. The minimum atomic E-state index is -2.39. The number of hydrogen-bond donors (Lipinski definition) is 0. The van der Waals surface area contributed by atoms with E-state index < -0.39 is 18.4 Å². The number of thiophene rings is 1. The van der Waals surface area contributed by atoms with E-state index in [2.05, 4.69) is 56.6 Å². The third kappa shape index (κ3) is 5.32. The molecule has 0 amide bonds. The zero-order valence-corrected chi connectivity index (χ0v) is 19.4. The first-order chi connectivity index (χ1) is 11.8. The summed E-state index contributed by atoms with van der Waals surface area (Å²) in [6.07, 6.45) is 10.2. The molecule has 0 N–H and O–H groups in total. The third-order valence-electron chi connectivity index (χ3n) is 5.14. The molecule has 0 aliphatic carbocycles. The quantitative estimate of drug-likeness (QED) is 0.341. The van der Waals surface area contributed by atoms with Crippen molar-refractivity contribution in [2.24, 2.45) is 0 Å². The molecule has 0 aliphatic heterocycles. The van der Waals surface area contributed by atoms with Crippen molar-refractivity contribution in [3.63, 3.8) is 0 Å². The van der Waals surface area contributed by atoms with E-state index >= 15 is 0 Å². The van der Waals surface area contributed by atoms with Gasteiger partial charge < -0.3 is 0 Å². The van der Waals surface area contributed by atoms with Gasteiger partial charge in [-0.2, -0.15) is 0 Å². The number of aromatic nitrogens is 1. The molecule has 0 atom stereocenters. The second kappa shape index (κ2) is 10.6. The number of hydrogen-bond acceptors (Lipinski definition) is 2. The predicted octanol–water partition coefficient (Wildman–Crippen LogP) is 6.87. The summed E-state index contributed by atoms with van der Waals surface area (Å²) in [6.45, 7) is 7.02. The SMILES string of the molecule is CCC[CH2][Sn]([CH2]CCC)([CH2]CCC)[c]1cc(-c2cccs2)ccn1. The average Bonchev–Trinajstić information content (AvgIpc) is 3.16. The Morgan fingerprint density at radius 3 is 2.04 bits per heavy atom. The Labute approximate surface area is 156 Å². The van der Waals surface area contributed by atoms with Crippen LogP contribution in [-0.4, -0.2) is 23.4 Å². The van der Waals surface area contributed by atoms with Crippen LogP contribution in [0.5, 0.6) is 0 Å². The molecule has 0 saturated heterocycles. The first-order valence-electron chi connectivity index (χ1n) is 9.76. The van der Waals surface area contributed by atoms with Gasteiger partial charge in [-0.15, -0.1) is 0 Å². The fourth-order valence-electron chi connectivity index (χ4n) is 3.62. The van der Waals surface area contributed by atoms with Crippen LogP contribution in [0.1, 0.15) is 59.3 Å². The molecular weight excluding hydrogens is 417 g/mol. The predicted molar refractivity (Wildman–Crippen MR) is 112 cm³/mol. The number of nitrogens with zero attached hydrogens (tertiary/aromatic N) is 1. The second-order valence-electron chi connectivity index (χ2n) is 7.00. The van der Waals surface area contributed by atoms with Crippen LogP contribution in [0.3, 0.4) is 0 Å². The van der Waals surface area contributed by atoms with Crippen molar-refractivity contribution in [3.8, 4) is 10.4 Å². The molecule has 0 saturated carbocycles. The van der Waals surface area contributed by atoms with E-state index in [-0.39, 0.29) is 0 Å². The van der Waals surface area contributed by atoms with Crippen molar-refractivity contribution in [2.75, 3.05) is 0 Å². The summed E-state index contributed by atoms with van der Waals surface area (Å²) in [5.74, 6) is 0. The third-order valence-corrected chi connectivity index (χ3v) is 21.2. The Hall–Kier alpha value is -0.351. The molecule has 2 rings (SSSR count). The van der Waals surface area contributed by atoms with E-state index in [0.29, 0.717) is 0 Å². The van der Waals surface area contributed by atoms with Crippen molar-refractivity contribution in [1.29, 1.82) is 0 Å². The first-order valence-corrected chi connectivity index (χ1v) is 18.1. The van der Waals surface area contributed by atoms with Crippen molar-refractivity contribution in [3.05, 3.63) is 35.8 Å². The van der Waals surface area contributed by atoms with Gasteiger partial charge in [0.05, 0.1) is 0 Å². The molecule has 1 nitrogen and oxygen atoms in total. The Morgan fingerprint density at radius 1 is 0.917 bits per heavy atom. The molecule has 2 heterocycles. The molecule has 0 spiro atoms. The van der Waals surface area contributed by atoms with Gasteiger partial charge in [0, 0.05) is 0 Å². The number of pyridine rings is 1. The summed E-state index contributed by atoms with van der Waals surface area (Å²) in [4.78, 5) is 6.37. The molecule has 24 heavy (non-hydrogen) atoms. The van der Waals surface area contributed by atoms with Gasteiger partial charge in [-0.25, -0.2) is 0 Å². The molecule has 2 aromatic heterocycles. The summed E-state index contributed by atoms with van der Waals surface area (Å²) in [7, 11) is 0. The molecule has 132 valence electrons. The van der Waals surface area contributed by atoms with Crippen molar-refractivity contribution in [2.45, 2.75) is 72.6 Å². The van der Waals surface area contributed by atoms with Gasteiger partial charge in [0.2, 0.25) is 0 Å². The van der Waals surface area contributed by atoms with Crippen LogP contribution in [0.15, 0.2) is 35.8 Å². The Balaban J connectivity index is 2.37. The Kier molecular flexibility index (Phi) is 8.82. The van der Waals surface area contributed by atoms with Gasteiger partial charge in [0.25, 0.3) is 0 Å². The second-order valence-corrected chi connectivity index (χ2v) is 21.0. The van der Waals surface area contributed by atoms with E-state index in [4.69, 9.17) is 4.98 Å². The maximum absolute atomic E-state index is 4.98. The van der Waals surface area contributed by atoms with Gasteiger partial charge in [-0.1, -0.05) is 0 Å². The van der Waals surface area contributed by atoms with Crippen molar-refractivity contribution in [1.82, 2.24) is 4.98 Å². The fraction of sp³-hybridized carbons (Fsp3) is 0.571. The van der Waals surface area contributed by atoms with E-state index in [1.807, 2.05) is 11.3 Å². The van der Waals surface area contributed by atoms with Gasteiger partial charge in [-0.3, -0.25) is 0 Å². The summed E-state index contributed by atoms with van der Waals surface area (Å²) < 4.78 is 6.02. The zero-order valence-electron chi connectivity index (χ0n) is 15.7. The summed E-state index contributed by atoms with van der Waals surface area (Å²) in [5.41, 5.74) is 1.39. The van der Waals surface area contributed by atoms with Gasteiger partial charge in [0.15, 0.2) is 0 Å². The molecule has 0 bridgehead atoms. The summed E-state index contributed by atoms with van der Waals surface area (Å²) in [6, 6.07) is 9.07. The Morgan fingerprint density at radius 2 is 1.54 bits per heavy atom. The molecule has 0 aliphatic rings. The average molecular weight is 450 g/mol. The topological polar surface area (TPSA) is 12.9 Å². The van der Waals surface area contributed by atoms with Crippen LogP contribution in [0.2, 0.25) is 13.3 Å². The summed E-state index contributed by atoms with van der Waals surface area (Å²) in [5, 5.41) is 2.18. The van der Waals surface area contributed by atoms with Crippen LogP contribution >= 0.6 is 11.3 Å². The van der Waals surface area contributed by atoms with Crippen LogP contribution in [0.25, 0.3) is 10.4 Å². The molecule has 0 unspecified atom stereocenters. The first kappa shape index (κ1) is 20.0. The van der Waals surface area contributed by atoms with Crippen molar-refractivity contribution >= 4 is 33.4 Å². The molecule has 2 aromatic rings. The Bertz CT molecular complexity index is 558.